The Balaban J connectivity index is 2.32. The van der Waals surface area contributed by atoms with Gasteiger partial charge in [-0.05, 0) is 31.4 Å². The fourth-order valence-electron chi connectivity index (χ4n) is 2.50. The van der Waals surface area contributed by atoms with Crippen molar-refractivity contribution in [1.82, 2.24) is 9.55 Å². The highest BCUT2D eigenvalue weighted by Gasteiger charge is 2.14. The van der Waals surface area contributed by atoms with Gasteiger partial charge in [-0.1, -0.05) is 32.0 Å². The van der Waals surface area contributed by atoms with Gasteiger partial charge in [0.2, 0.25) is 5.95 Å². The zero-order valence-electron chi connectivity index (χ0n) is 13.6. The van der Waals surface area contributed by atoms with Crippen molar-refractivity contribution in [1.29, 1.82) is 0 Å². The molecule has 2 rings (SSSR count). The first-order chi connectivity index (χ1) is 10.0. The van der Waals surface area contributed by atoms with Crippen LogP contribution in [0.4, 0.5) is 11.6 Å². The molecule has 0 amide bonds. The van der Waals surface area contributed by atoms with Gasteiger partial charge in [-0.2, -0.15) is 0 Å². The Morgan fingerprint density at radius 3 is 2.62 bits per heavy atom. The molecular formula is C17H25N3O. The van der Waals surface area contributed by atoms with Crippen LogP contribution in [0.3, 0.4) is 0 Å². The molecule has 0 bridgehead atoms. The molecule has 1 heterocycles. The average Bonchev–Trinajstić information content (AvgIpc) is 2.80. The van der Waals surface area contributed by atoms with Crippen molar-refractivity contribution in [3.63, 3.8) is 0 Å². The fourth-order valence-corrected chi connectivity index (χ4v) is 2.50. The van der Waals surface area contributed by atoms with E-state index >= 15 is 0 Å². The molecule has 0 aliphatic heterocycles. The van der Waals surface area contributed by atoms with Gasteiger partial charge in [0.1, 0.15) is 0 Å². The highest BCUT2D eigenvalue weighted by Crippen LogP contribution is 2.27. The lowest BCUT2D eigenvalue weighted by Crippen LogP contribution is -2.13. The number of hydrogen-bond donors (Lipinski definition) is 1. The third kappa shape index (κ3) is 3.64. The zero-order chi connectivity index (χ0) is 15.4. The lowest BCUT2D eigenvalue weighted by atomic mass is 10.0. The van der Waals surface area contributed by atoms with E-state index in [1.165, 1.54) is 5.56 Å². The number of nitrogens with one attached hydrogen (secondary N) is 1. The van der Waals surface area contributed by atoms with E-state index in [4.69, 9.17) is 4.74 Å². The number of anilines is 2. The number of aromatic nitrogens is 2. The molecule has 0 aliphatic carbocycles. The van der Waals surface area contributed by atoms with Gasteiger partial charge in [0, 0.05) is 19.0 Å². The van der Waals surface area contributed by atoms with E-state index in [1.807, 2.05) is 13.0 Å². The van der Waals surface area contributed by atoms with Crippen LogP contribution in [0.25, 0.3) is 0 Å². The van der Waals surface area contributed by atoms with Gasteiger partial charge in [0.15, 0.2) is 0 Å². The smallest absolute Gasteiger partial charge is 0.207 e. The number of benzene rings is 1. The predicted octanol–water partition coefficient (Wildman–Crippen LogP) is 4.27. The summed E-state index contributed by atoms with van der Waals surface area (Å²) >= 11 is 0. The maximum Gasteiger partial charge on any atom is 0.207 e. The summed E-state index contributed by atoms with van der Waals surface area (Å²) < 4.78 is 7.39. The summed E-state index contributed by atoms with van der Waals surface area (Å²) in [6.45, 7) is 9.20. The van der Waals surface area contributed by atoms with Gasteiger partial charge in [-0.15, -0.1) is 0 Å². The van der Waals surface area contributed by atoms with Gasteiger partial charge in [-0.25, -0.2) is 4.98 Å². The minimum atomic E-state index is 0.241. The molecule has 0 saturated heterocycles. The van der Waals surface area contributed by atoms with E-state index in [9.17, 15) is 0 Å². The second-order valence-electron chi connectivity index (χ2n) is 5.78. The Labute approximate surface area is 127 Å². The Hall–Kier alpha value is -1.81. The Bertz CT molecular complexity index is 589. The van der Waals surface area contributed by atoms with Crippen LogP contribution < -0.4 is 5.32 Å². The second kappa shape index (κ2) is 6.76. The average molecular weight is 287 g/mol. The standard InChI is InChI=1S/C17H25N3O/c1-12(2)15-8-6-7-9-16(15)19-17-18-13(3)10-20(17)14(4)11-21-5/h6-10,12,14H,11H2,1-5H3,(H,18,19). The van der Waals surface area contributed by atoms with Crippen molar-refractivity contribution in [2.24, 2.45) is 0 Å². The number of hydrogen-bond acceptors (Lipinski definition) is 3. The van der Waals surface area contributed by atoms with E-state index in [1.54, 1.807) is 7.11 Å². The van der Waals surface area contributed by atoms with Crippen molar-refractivity contribution in [2.75, 3.05) is 19.0 Å². The number of aryl methyl sites for hydroxylation is 1. The first-order valence-electron chi connectivity index (χ1n) is 7.43. The van der Waals surface area contributed by atoms with E-state index < -0.39 is 0 Å². The van der Waals surface area contributed by atoms with Crippen molar-refractivity contribution in [2.45, 2.75) is 39.7 Å². The summed E-state index contributed by atoms with van der Waals surface area (Å²) in [5, 5.41) is 3.48. The number of para-hydroxylation sites is 1. The van der Waals surface area contributed by atoms with Crippen LogP contribution >= 0.6 is 0 Å². The largest absolute Gasteiger partial charge is 0.383 e. The Morgan fingerprint density at radius 1 is 1.24 bits per heavy atom. The SMILES string of the molecule is COCC(C)n1cc(C)nc1Nc1ccccc1C(C)C. The van der Waals surface area contributed by atoms with Gasteiger partial charge < -0.3 is 14.6 Å². The first kappa shape index (κ1) is 15.6. The summed E-state index contributed by atoms with van der Waals surface area (Å²) in [4.78, 5) is 4.61. The van der Waals surface area contributed by atoms with Crippen LogP contribution in [-0.4, -0.2) is 23.3 Å². The molecule has 114 valence electrons. The molecule has 0 saturated carbocycles. The maximum atomic E-state index is 5.26. The number of rotatable bonds is 6. The summed E-state index contributed by atoms with van der Waals surface area (Å²) in [6, 6.07) is 8.62. The van der Waals surface area contributed by atoms with Crippen LogP contribution in [0.5, 0.6) is 0 Å². The van der Waals surface area contributed by atoms with E-state index in [0.717, 1.165) is 17.3 Å². The lowest BCUT2D eigenvalue weighted by Gasteiger charge is -2.18. The molecule has 0 aliphatic rings. The van der Waals surface area contributed by atoms with Crippen molar-refractivity contribution in [3.05, 3.63) is 41.7 Å². The van der Waals surface area contributed by atoms with Crippen LogP contribution in [0.15, 0.2) is 30.5 Å². The van der Waals surface area contributed by atoms with Crippen molar-refractivity contribution in [3.8, 4) is 0 Å². The molecule has 0 fully saturated rings. The predicted molar refractivity (Wildman–Crippen MR) is 87.4 cm³/mol. The highest BCUT2D eigenvalue weighted by atomic mass is 16.5. The highest BCUT2D eigenvalue weighted by molar-refractivity contribution is 5.60. The van der Waals surface area contributed by atoms with Gasteiger partial charge in [0.25, 0.3) is 0 Å². The number of imidazole rings is 1. The molecular weight excluding hydrogens is 262 g/mol. The molecule has 21 heavy (non-hydrogen) atoms. The first-order valence-corrected chi connectivity index (χ1v) is 7.43. The maximum absolute atomic E-state index is 5.26. The molecule has 1 atom stereocenters. The van der Waals surface area contributed by atoms with Gasteiger partial charge in [-0.3, -0.25) is 0 Å². The Kier molecular flexibility index (Phi) is 5.02. The van der Waals surface area contributed by atoms with Gasteiger partial charge in [0.05, 0.1) is 18.3 Å². The fraction of sp³-hybridized carbons (Fsp3) is 0.471. The van der Waals surface area contributed by atoms with E-state index in [0.29, 0.717) is 12.5 Å². The number of ether oxygens (including phenoxy) is 1. The monoisotopic (exact) mass is 287 g/mol. The second-order valence-corrected chi connectivity index (χ2v) is 5.78. The molecule has 2 aromatic rings. The lowest BCUT2D eigenvalue weighted by molar-refractivity contribution is 0.163. The molecule has 0 spiro atoms. The molecule has 1 aromatic carbocycles. The molecule has 1 aromatic heterocycles. The zero-order valence-corrected chi connectivity index (χ0v) is 13.6. The Morgan fingerprint density at radius 2 is 1.95 bits per heavy atom. The summed E-state index contributed by atoms with van der Waals surface area (Å²) in [5.41, 5.74) is 3.41. The molecule has 4 nitrogen and oxygen atoms in total. The van der Waals surface area contributed by atoms with Crippen LogP contribution in [0.2, 0.25) is 0 Å². The molecule has 1 unspecified atom stereocenters. The quantitative estimate of drug-likeness (QED) is 0.862. The summed E-state index contributed by atoms with van der Waals surface area (Å²) in [6.07, 6.45) is 2.06. The third-order valence-electron chi connectivity index (χ3n) is 3.56. The van der Waals surface area contributed by atoms with Crippen molar-refractivity contribution < 1.29 is 4.74 Å². The van der Waals surface area contributed by atoms with E-state index in [2.05, 4.69) is 60.0 Å². The summed E-state index contributed by atoms with van der Waals surface area (Å²) in [7, 11) is 1.72. The van der Waals surface area contributed by atoms with Crippen LogP contribution in [0.1, 0.15) is 44.0 Å². The minimum absolute atomic E-state index is 0.241. The topological polar surface area (TPSA) is 39.1 Å². The number of nitrogens with zero attached hydrogens (tertiary/aromatic N) is 2. The summed E-state index contributed by atoms with van der Waals surface area (Å²) in [5.74, 6) is 1.33. The molecule has 0 radical (unpaired) electrons. The van der Waals surface area contributed by atoms with Crippen molar-refractivity contribution >= 4 is 11.6 Å². The molecule has 4 heteroatoms. The third-order valence-corrected chi connectivity index (χ3v) is 3.56. The normalized spacial score (nSPS) is 12.7. The van der Waals surface area contributed by atoms with Crippen LogP contribution in [-0.2, 0) is 4.74 Å². The minimum Gasteiger partial charge on any atom is -0.383 e. The van der Waals surface area contributed by atoms with Gasteiger partial charge >= 0.3 is 0 Å². The van der Waals surface area contributed by atoms with Crippen LogP contribution in [0, 0.1) is 6.92 Å². The van der Waals surface area contributed by atoms with E-state index in [-0.39, 0.29) is 6.04 Å². The number of methoxy groups -OCH3 is 1. The molecule has 1 N–H and O–H groups in total.